The number of nitrogens with one attached hydrogen (secondary N) is 1. The van der Waals surface area contributed by atoms with E-state index in [4.69, 9.17) is 5.11 Å². The molecule has 1 atom stereocenters. The van der Waals surface area contributed by atoms with Gasteiger partial charge >= 0.3 is 6.18 Å². The molecule has 0 aliphatic rings. The van der Waals surface area contributed by atoms with Gasteiger partial charge in [-0.05, 0) is 12.1 Å². The SMILES string of the molecule is O[C@H](CNCCc1ccccn1)C(F)(F)F. The predicted molar refractivity (Wildman–Crippen MR) is 52.9 cm³/mol. The zero-order valence-electron chi connectivity index (χ0n) is 8.54. The molecule has 1 aromatic heterocycles. The minimum atomic E-state index is -4.56. The van der Waals surface area contributed by atoms with E-state index in [-0.39, 0.29) is 0 Å². The number of halogens is 3. The molecule has 0 aromatic carbocycles. The Hall–Kier alpha value is -1.14. The number of aromatic nitrogens is 1. The van der Waals surface area contributed by atoms with Gasteiger partial charge in [-0.15, -0.1) is 0 Å². The first-order valence-electron chi connectivity index (χ1n) is 4.85. The van der Waals surface area contributed by atoms with Gasteiger partial charge in [-0.1, -0.05) is 6.07 Å². The molecule has 0 spiro atoms. The van der Waals surface area contributed by atoms with E-state index in [1.54, 1.807) is 18.3 Å². The normalized spacial score (nSPS) is 13.8. The monoisotopic (exact) mass is 234 g/mol. The van der Waals surface area contributed by atoms with Crippen LogP contribution in [0.1, 0.15) is 5.69 Å². The molecule has 0 aliphatic heterocycles. The number of rotatable bonds is 5. The van der Waals surface area contributed by atoms with Crippen molar-refractivity contribution in [3.8, 4) is 0 Å². The summed E-state index contributed by atoms with van der Waals surface area (Å²) in [6.45, 7) is -0.138. The molecule has 0 saturated carbocycles. The Morgan fingerprint density at radius 1 is 1.38 bits per heavy atom. The highest BCUT2D eigenvalue weighted by Crippen LogP contribution is 2.18. The lowest BCUT2D eigenvalue weighted by Gasteiger charge is -2.14. The molecule has 0 aliphatic carbocycles. The third kappa shape index (κ3) is 4.59. The van der Waals surface area contributed by atoms with Crippen LogP contribution in [0.2, 0.25) is 0 Å². The van der Waals surface area contributed by atoms with Gasteiger partial charge in [-0.3, -0.25) is 4.98 Å². The maximum atomic E-state index is 11.9. The Morgan fingerprint density at radius 2 is 2.12 bits per heavy atom. The second kappa shape index (κ2) is 5.81. The van der Waals surface area contributed by atoms with Crippen LogP contribution in [0.5, 0.6) is 0 Å². The molecule has 0 amide bonds. The summed E-state index contributed by atoms with van der Waals surface area (Å²) in [6, 6.07) is 5.37. The fourth-order valence-corrected chi connectivity index (χ4v) is 1.12. The Labute approximate surface area is 91.3 Å². The van der Waals surface area contributed by atoms with Crippen molar-refractivity contribution in [2.45, 2.75) is 18.7 Å². The van der Waals surface area contributed by atoms with Crippen LogP contribution in [0.15, 0.2) is 24.4 Å². The van der Waals surface area contributed by atoms with Crippen molar-refractivity contribution in [3.63, 3.8) is 0 Å². The maximum Gasteiger partial charge on any atom is 0.415 e. The molecular formula is C10H13F3N2O. The van der Waals surface area contributed by atoms with Crippen molar-refractivity contribution in [2.24, 2.45) is 0 Å². The van der Waals surface area contributed by atoms with Crippen LogP contribution in [0, 0.1) is 0 Å². The Bertz CT molecular complexity index is 303. The summed E-state index contributed by atoms with van der Waals surface area (Å²) < 4.78 is 35.7. The summed E-state index contributed by atoms with van der Waals surface area (Å²) in [5, 5.41) is 11.2. The molecule has 0 radical (unpaired) electrons. The molecule has 0 unspecified atom stereocenters. The average Bonchev–Trinajstić information content (AvgIpc) is 2.24. The molecule has 1 aromatic rings. The zero-order chi connectivity index (χ0) is 12.0. The van der Waals surface area contributed by atoms with E-state index in [1.165, 1.54) is 0 Å². The van der Waals surface area contributed by atoms with Crippen LogP contribution in [-0.2, 0) is 6.42 Å². The van der Waals surface area contributed by atoms with E-state index in [0.717, 1.165) is 5.69 Å². The number of alkyl halides is 3. The summed E-state index contributed by atoms with van der Waals surface area (Å²) in [4.78, 5) is 4.02. The minimum absolute atomic E-state index is 0.351. The summed E-state index contributed by atoms with van der Waals surface area (Å²) >= 11 is 0. The summed E-state index contributed by atoms with van der Waals surface area (Å²) in [5.41, 5.74) is 0.802. The topological polar surface area (TPSA) is 45.1 Å². The van der Waals surface area contributed by atoms with Crippen molar-refractivity contribution in [1.29, 1.82) is 0 Å². The summed E-state index contributed by atoms with van der Waals surface area (Å²) in [7, 11) is 0. The first kappa shape index (κ1) is 12.9. The van der Waals surface area contributed by atoms with E-state index >= 15 is 0 Å². The highest BCUT2D eigenvalue weighted by Gasteiger charge is 2.37. The van der Waals surface area contributed by atoms with Crippen LogP contribution in [0.3, 0.4) is 0 Å². The lowest BCUT2D eigenvalue weighted by Crippen LogP contribution is -2.39. The van der Waals surface area contributed by atoms with Gasteiger partial charge in [0.15, 0.2) is 6.10 Å². The smallest absolute Gasteiger partial charge is 0.382 e. The fourth-order valence-electron chi connectivity index (χ4n) is 1.12. The summed E-state index contributed by atoms with van der Waals surface area (Å²) in [6.07, 6.45) is -4.71. The van der Waals surface area contributed by atoms with Gasteiger partial charge in [-0.2, -0.15) is 13.2 Å². The molecule has 2 N–H and O–H groups in total. The third-order valence-corrected chi connectivity index (χ3v) is 2.00. The second-order valence-electron chi connectivity index (χ2n) is 3.33. The van der Waals surface area contributed by atoms with Gasteiger partial charge in [0.25, 0.3) is 0 Å². The molecule has 16 heavy (non-hydrogen) atoms. The van der Waals surface area contributed by atoms with E-state index < -0.39 is 18.8 Å². The van der Waals surface area contributed by atoms with Crippen LogP contribution >= 0.6 is 0 Å². The Kier molecular flexibility index (Phi) is 4.70. The molecule has 0 saturated heterocycles. The van der Waals surface area contributed by atoms with Gasteiger partial charge in [0.1, 0.15) is 0 Å². The van der Waals surface area contributed by atoms with Crippen LogP contribution < -0.4 is 5.32 Å². The Morgan fingerprint density at radius 3 is 2.69 bits per heavy atom. The van der Waals surface area contributed by atoms with E-state index in [2.05, 4.69) is 10.3 Å². The van der Waals surface area contributed by atoms with Crippen molar-refractivity contribution < 1.29 is 18.3 Å². The molecule has 0 fully saturated rings. The number of aliphatic hydroxyl groups excluding tert-OH is 1. The van der Waals surface area contributed by atoms with Crippen molar-refractivity contribution in [2.75, 3.05) is 13.1 Å². The standard InChI is InChI=1S/C10H13F3N2O/c11-10(12,13)9(16)7-14-6-4-8-3-1-2-5-15-8/h1-3,5,9,14,16H,4,6-7H2/t9-/m1/s1. The third-order valence-electron chi connectivity index (χ3n) is 2.00. The van der Waals surface area contributed by atoms with Gasteiger partial charge in [-0.25, -0.2) is 0 Å². The van der Waals surface area contributed by atoms with Crippen LogP contribution in [0.4, 0.5) is 13.2 Å². The number of hydrogen-bond donors (Lipinski definition) is 2. The molecular weight excluding hydrogens is 221 g/mol. The van der Waals surface area contributed by atoms with Crippen LogP contribution in [0.25, 0.3) is 0 Å². The molecule has 3 nitrogen and oxygen atoms in total. The first-order valence-corrected chi connectivity index (χ1v) is 4.85. The van der Waals surface area contributed by atoms with Gasteiger partial charge in [0, 0.05) is 31.4 Å². The van der Waals surface area contributed by atoms with Crippen molar-refractivity contribution >= 4 is 0 Å². The Balaban J connectivity index is 2.18. The molecule has 1 rings (SSSR count). The number of hydrogen-bond acceptors (Lipinski definition) is 3. The highest BCUT2D eigenvalue weighted by atomic mass is 19.4. The second-order valence-corrected chi connectivity index (χ2v) is 3.33. The average molecular weight is 234 g/mol. The van der Waals surface area contributed by atoms with Gasteiger partial charge in [0.2, 0.25) is 0 Å². The fraction of sp³-hybridized carbons (Fsp3) is 0.500. The summed E-state index contributed by atoms with van der Waals surface area (Å²) in [5.74, 6) is 0. The van der Waals surface area contributed by atoms with Crippen molar-refractivity contribution in [1.82, 2.24) is 10.3 Å². The van der Waals surface area contributed by atoms with Gasteiger partial charge in [0.05, 0.1) is 0 Å². The van der Waals surface area contributed by atoms with E-state index in [0.29, 0.717) is 13.0 Å². The molecule has 1 heterocycles. The first-order chi connectivity index (χ1) is 7.50. The number of nitrogens with zero attached hydrogens (tertiary/aromatic N) is 1. The molecule has 90 valence electrons. The van der Waals surface area contributed by atoms with Crippen LogP contribution in [-0.4, -0.2) is 35.5 Å². The lowest BCUT2D eigenvalue weighted by molar-refractivity contribution is -0.201. The zero-order valence-corrected chi connectivity index (χ0v) is 8.54. The minimum Gasteiger partial charge on any atom is -0.382 e. The lowest BCUT2D eigenvalue weighted by atomic mass is 10.2. The quantitative estimate of drug-likeness (QED) is 0.751. The molecule has 0 bridgehead atoms. The molecule has 6 heteroatoms. The number of pyridine rings is 1. The highest BCUT2D eigenvalue weighted by molar-refractivity contribution is 5.03. The number of aliphatic hydroxyl groups is 1. The maximum absolute atomic E-state index is 11.9. The van der Waals surface area contributed by atoms with Crippen molar-refractivity contribution in [3.05, 3.63) is 30.1 Å². The predicted octanol–water partition coefficient (Wildman–Crippen LogP) is 1.14. The largest absolute Gasteiger partial charge is 0.415 e. The van der Waals surface area contributed by atoms with E-state index in [9.17, 15) is 13.2 Å². The van der Waals surface area contributed by atoms with Gasteiger partial charge < -0.3 is 10.4 Å². The van der Waals surface area contributed by atoms with E-state index in [1.807, 2.05) is 6.07 Å².